The molecule has 2 aromatic carbocycles. The van der Waals surface area contributed by atoms with Crippen LogP contribution in [-0.4, -0.2) is 51.8 Å². The lowest BCUT2D eigenvalue weighted by molar-refractivity contribution is -0.384. The molecule has 1 aliphatic heterocycles. The van der Waals surface area contributed by atoms with Gasteiger partial charge in [-0.1, -0.05) is 23.2 Å². The van der Waals surface area contributed by atoms with Crippen molar-refractivity contribution in [3.05, 3.63) is 73.4 Å². The van der Waals surface area contributed by atoms with E-state index in [2.05, 4.69) is 10.7 Å². The van der Waals surface area contributed by atoms with Crippen molar-refractivity contribution in [1.82, 2.24) is 25.5 Å². The Balaban J connectivity index is 1.67. The zero-order valence-corrected chi connectivity index (χ0v) is 19.7. The molecule has 9 nitrogen and oxygen atoms in total. The molecular weight excluding hydrogens is 479 g/mol. The smallest absolute Gasteiger partial charge is 0.286 e. The average Bonchev–Trinajstić information content (AvgIpc) is 3.08. The number of nitrogens with zero attached hydrogens (tertiary/aromatic N) is 4. The van der Waals surface area contributed by atoms with Crippen molar-refractivity contribution in [2.75, 3.05) is 26.2 Å². The van der Waals surface area contributed by atoms with Gasteiger partial charge < -0.3 is 5.32 Å². The molecule has 5 rings (SSSR count). The first kappa shape index (κ1) is 22.8. The fourth-order valence-corrected chi connectivity index (χ4v) is 5.02. The van der Waals surface area contributed by atoms with Gasteiger partial charge in [0.25, 0.3) is 11.6 Å². The Bertz CT molecular complexity index is 1290. The van der Waals surface area contributed by atoms with Crippen LogP contribution in [0.5, 0.6) is 0 Å². The largest absolute Gasteiger partial charge is 0.314 e. The second-order valence-electron chi connectivity index (χ2n) is 8.31. The van der Waals surface area contributed by atoms with E-state index < -0.39 is 4.92 Å². The summed E-state index contributed by atoms with van der Waals surface area (Å²) in [5.41, 5.74) is 7.08. The standard InChI is InChI=1S/C23H22Cl2N6O3/c24-15-4-7-20(19(25)13-15)30-22-17-6-5-16(31(33)34)12-14(17)2-1-3-18(22)21(27-30)23(32)28-29-10-8-26-9-11-29/h4-7,12-13,26H,1-3,8-11H2,(H,28,32). The lowest BCUT2D eigenvalue weighted by Gasteiger charge is -2.27. The summed E-state index contributed by atoms with van der Waals surface area (Å²) >= 11 is 12.6. The highest BCUT2D eigenvalue weighted by Crippen LogP contribution is 2.39. The van der Waals surface area contributed by atoms with Crippen LogP contribution < -0.4 is 10.7 Å². The zero-order valence-electron chi connectivity index (χ0n) is 18.2. The minimum absolute atomic E-state index is 0.0365. The van der Waals surface area contributed by atoms with Crippen molar-refractivity contribution in [1.29, 1.82) is 0 Å². The first-order chi connectivity index (χ1) is 16.4. The van der Waals surface area contributed by atoms with Gasteiger partial charge in [0.15, 0.2) is 5.69 Å². The summed E-state index contributed by atoms with van der Waals surface area (Å²) in [7, 11) is 0. The quantitative estimate of drug-likeness (QED) is 0.417. The van der Waals surface area contributed by atoms with Gasteiger partial charge in [-0.25, -0.2) is 9.69 Å². The number of carbonyl (C=O) groups is 1. The van der Waals surface area contributed by atoms with Gasteiger partial charge in [0, 0.05) is 54.5 Å². The van der Waals surface area contributed by atoms with Gasteiger partial charge in [-0.15, -0.1) is 0 Å². The van der Waals surface area contributed by atoms with Gasteiger partial charge in [0.2, 0.25) is 0 Å². The third kappa shape index (κ3) is 4.27. The molecule has 176 valence electrons. The predicted molar refractivity (Wildman–Crippen MR) is 130 cm³/mol. The lowest BCUT2D eigenvalue weighted by atomic mass is 10.0. The SMILES string of the molecule is O=C(NN1CCNCC1)c1nn(-c2ccc(Cl)cc2Cl)c2c1CCCc1cc([N+](=O)[O-])ccc1-2. The number of hydrazine groups is 1. The molecule has 3 aromatic rings. The maximum Gasteiger partial charge on any atom is 0.286 e. The second kappa shape index (κ2) is 9.34. The summed E-state index contributed by atoms with van der Waals surface area (Å²) in [5.74, 6) is -0.285. The number of nitro groups is 1. The second-order valence-corrected chi connectivity index (χ2v) is 9.16. The minimum Gasteiger partial charge on any atom is -0.314 e. The number of nitro benzene ring substituents is 1. The van der Waals surface area contributed by atoms with Crippen LogP contribution in [0.15, 0.2) is 36.4 Å². The highest BCUT2D eigenvalue weighted by Gasteiger charge is 2.30. The van der Waals surface area contributed by atoms with Crippen LogP contribution in [0.25, 0.3) is 16.9 Å². The number of non-ortho nitro benzene ring substituents is 1. The summed E-state index contributed by atoms with van der Waals surface area (Å²) in [5, 5.41) is 22.1. The molecule has 0 bridgehead atoms. The van der Waals surface area contributed by atoms with E-state index in [1.165, 1.54) is 6.07 Å². The third-order valence-corrected chi connectivity index (χ3v) is 6.68. The van der Waals surface area contributed by atoms with E-state index >= 15 is 0 Å². The summed E-state index contributed by atoms with van der Waals surface area (Å²) in [6.07, 6.45) is 1.99. The molecule has 11 heteroatoms. The van der Waals surface area contributed by atoms with E-state index in [4.69, 9.17) is 28.3 Å². The summed E-state index contributed by atoms with van der Waals surface area (Å²) in [6, 6.07) is 9.91. The topological polar surface area (TPSA) is 105 Å². The minimum atomic E-state index is -0.397. The van der Waals surface area contributed by atoms with E-state index in [9.17, 15) is 14.9 Å². The molecular formula is C23H22Cl2N6O3. The Morgan fingerprint density at radius 1 is 1.12 bits per heavy atom. The number of aromatic nitrogens is 2. The van der Waals surface area contributed by atoms with Gasteiger partial charge in [-0.3, -0.25) is 20.3 Å². The third-order valence-electron chi connectivity index (χ3n) is 6.14. The molecule has 34 heavy (non-hydrogen) atoms. The highest BCUT2D eigenvalue weighted by molar-refractivity contribution is 6.35. The molecule has 1 amide bonds. The molecule has 0 radical (unpaired) electrons. The fourth-order valence-electron chi connectivity index (χ4n) is 4.53. The molecule has 1 aliphatic carbocycles. The summed E-state index contributed by atoms with van der Waals surface area (Å²) < 4.78 is 1.66. The zero-order chi connectivity index (χ0) is 23.8. The van der Waals surface area contributed by atoms with E-state index in [1.807, 2.05) is 5.01 Å². The Hall–Kier alpha value is -2.98. The Labute approximate surface area is 205 Å². The van der Waals surface area contributed by atoms with Crippen molar-refractivity contribution in [2.24, 2.45) is 0 Å². The number of hydrogen-bond acceptors (Lipinski definition) is 6. The van der Waals surface area contributed by atoms with Gasteiger partial charge >= 0.3 is 0 Å². The molecule has 0 unspecified atom stereocenters. The Morgan fingerprint density at radius 2 is 1.91 bits per heavy atom. The van der Waals surface area contributed by atoms with Crippen molar-refractivity contribution >= 4 is 34.8 Å². The van der Waals surface area contributed by atoms with Crippen molar-refractivity contribution in [3.63, 3.8) is 0 Å². The molecule has 0 spiro atoms. The number of aryl methyl sites for hydroxylation is 1. The highest BCUT2D eigenvalue weighted by atomic mass is 35.5. The average molecular weight is 501 g/mol. The van der Waals surface area contributed by atoms with Crippen LogP contribution in [-0.2, 0) is 12.8 Å². The van der Waals surface area contributed by atoms with Crippen molar-refractivity contribution < 1.29 is 9.72 Å². The predicted octanol–water partition coefficient (Wildman–Crippen LogP) is 3.79. The number of benzene rings is 2. The van der Waals surface area contributed by atoms with Crippen LogP contribution in [0.3, 0.4) is 0 Å². The number of carbonyl (C=O) groups excluding carboxylic acids is 1. The first-order valence-electron chi connectivity index (χ1n) is 11.0. The first-order valence-corrected chi connectivity index (χ1v) is 11.8. The van der Waals surface area contributed by atoms with Gasteiger partial charge in [-0.05, 0) is 49.1 Å². The number of amides is 1. The van der Waals surface area contributed by atoms with Crippen LogP contribution >= 0.6 is 23.2 Å². The maximum atomic E-state index is 13.3. The van der Waals surface area contributed by atoms with E-state index in [0.29, 0.717) is 47.4 Å². The lowest BCUT2D eigenvalue weighted by Crippen LogP contribution is -2.52. The Morgan fingerprint density at radius 3 is 2.65 bits per heavy atom. The molecule has 1 fully saturated rings. The Kier molecular flexibility index (Phi) is 6.26. The van der Waals surface area contributed by atoms with Crippen LogP contribution in [0.1, 0.15) is 28.0 Å². The summed E-state index contributed by atoms with van der Waals surface area (Å²) in [4.78, 5) is 24.3. The van der Waals surface area contributed by atoms with Crippen molar-refractivity contribution in [2.45, 2.75) is 19.3 Å². The number of hydrogen-bond donors (Lipinski definition) is 2. The molecule has 2 aliphatic rings. The molecule has 0 atom stereocenters. The molecule has 2 N–H and O–H groups in total. The van der Waals surface area contributed by atoms with Gasteiger partial charge in [0.05, 0.1) is 21.3 Å². The normalized spacial score (nSPS) is 15.8. The number of fused-ring (bicyclic) bond motifs is 3. The number of rotatable bonds is 4. The molecule has 1 aromatic heterocycles. The molecule has 0 saturated carbocycles. The van der Waals surface area contributed by atoms with E-state index in [0.717, 1.165) is 41.9 Å². The molecule has 2 heterocycles. The number of piperazine rings is 1. The maximum absolute atomic E-state index is 13.3. The monoisotopic (exact) mass is 500 g/mol. The fraction of sp³-hybridized carbons (Fsp3) is 0.304. The van der Waals surface area contributed by atoms with Crippen LogP contribution in [0, 0.1) is 10.1 Å². The van der Waals surface area contributed by atoms with Gasteiger partial charge in [0.1, 0.15) is 0 Å². The number of nitrogens with one attached hydrogen (secondary N) is 2. The van der Waals surface area contributed by atoms with Crippen molar-refractivity contribution in [3.8, 4) is 16.9 Å². The summed E-state index contributed by atoms with van der Waals surface area (Å²) in [6.45, 7) is 2.98. The van der Waals surface area contributed by atoms with E-state index in [-0.39, 0.29) is 11.6 Å². The molecule has 1 saturated heterocycles. The number of halogens is 2. The van der Waals surface area contributed by atoms with Crippen LogP contribution in [0.4, 0.5) is 5.69 Å². The van der Waals surface area contributed by atoms with Crippen LogP contribution in [0.2, 0.25) is 10.0 Å². The van der Waals surface area contributed by atoms with Gasteiger partial charge in [-0.2, -0.15) is 5.10 Å². The van der Waals surface area contributed by atoms with E-state index in [1.54, 1.807) is 35.0 Å².